The fraction of sp³-hybridized carbons (Fsp3) is 0.267. The first kappa shape index (κ1) is 16.7. The fourth-order valence-corrected chi connectivity index (χ4v) is 2.54. The molecule has 0 saturated heterocycles. The molecule has 116 valence electrons. The molecule has 2 aromatic rings. The van der Waals surface area contributed by atoms with Crippen LogP contribution >= 0.6 is 23.4 Å². The average molecular weight is 337 g/mol. The first-order valence-corrected chi connectivity index (χ1v) is 7.88. The highest BCUT2D eigenvalue weighted by molar-refractivity contribution is 7.99. The van der Waals surface area contributed by atoms with Gasteiger partial charge >= 0.3 is 0 Å². The highest BCUT2D eigenvalue weighted by Crippen LogP contribution is 2.31. The summed E-state index contributed by atoms with van der Waals surface area (Å²) in [5.74, 6) is -0.291. The molecule has 0 bridgehead atoms. The van der Waals surface area contributed by atoms with E-state index < -0.39 is 5.54 Å². The van der Waals surface area contributed by atoms with Crippen molar-refractivity contribution in [3.8, 4) is 0 Å². The summed E-state index contributed by atoms with van der Waals surface area (Å²) in [4.78, 5) is 12.8. The van der Waals surface area contributed by atoms with E-state index in [2.05, 4.69) is 15.5 Å². The summed E-state index contributed by atoms with van der Waals surface area (Å²) in [6.45, 7) is 4.04. The molecule has 1 aromatic carbocycles. The maximum atomic E-state index is 11.9. The fourth-order valence-electron chi connectivity index (χ4n) is 1.53. The van der Waals surface area contributed by atoms with Crippen LogP contribution in [0.1, 0.15) is 24.3 Å². The molecule has 0 aliphatic heterocycles. The Hall–Kier alpha value is -1.63. The van der Waals surface area contributed by atoms with E-state index in [1.165, 1.54) is 11.8 Å². The number of carbonyl (C=O) groups excluding carboxylic acids is 1. The number of hydrogen-bond donors (Lipinski definition) is 2. The van der Waals surface area contributed by atoms with E-state index in [0.717, 1.165) is 4.90 Å². The zero-order chi connectivity index (χ0) is 16.2. The molecular formula is C15H17ClN4OS. The summed E-state index contributed by atoms with van der Waals surface area (Å²) < 4.78 is 0. The molecule has 5 nitrogen and oxygen atoms in total. The molecule has 22 heavy (non-hydrogen) atoms. The van der Waals surface area contributed by atoms with Gasteiger partial charge in [-0.1, -0.05) is 35.5 Å². The second-order valence-corrected chi connectivity index (χ2v) is 6.93. The molecule has 1 aromatic heterocycles. The third-order valence-corrected chi connectivity index (χ3v) is 4.07. The van der Waals surface area contributed by atoms with Crippen LogP contribution in [0.4, 0.5) is 0 Å². The van der Waals surface area contributed by atoms with Crippen LogP contribution in [0, 0.1) is 0 Å². The third-order valence-electron chi connectivity index (χ3n) is 2.63. The van der Waals surface area contributed by atoms with Gasteiger partial charge in [0.2, 0.25) is 0 Å². The van der Waals surface area contributed by atoms with Crippen molar-refractivity contribution in [1.29, 1.82) is 0 Å². The second-order valence-electron chi connectivity index (χ2n) is 5.46. The SMILES string of the molecule is CC(C)(N)CNC(=O)c1ccc(Sc2ccccc2Cl)nn1. The smallest absolute Gasteiger partial charge is 0.271 e. The highest BCUT2D eigenvalue weighted by Gasteiger charge is 2.14. The van der Waals surface area contributed by atoms with Crippen molar-refractivity contribution in [3.05, 3.63) is 47.1 Å². The van der Waals surface area contributed by atoms with Gasteiger partial charge in [-0.2, -0.15) is 0 Å². The first-order valence-electron chi connectivity index (χ1n) is 6.68. The summed E-state index contributed by atoms with van der Waals surface area (Å²) in [7, 11) is 0. The molecule has 0 saturated carbocycles. The van der Waals surface area contributed by atoms with Crippen molar-refractivity contribution >= 4 is 29.3 Å². The standard InChI is InChI=1S/C15H17ClN4OS/c1-15(2,17)9-18-14(21)11-7-8-13(20-19-11)22-12-6-4-3-5-10(12)16/h3-8H,9,17H2,1-2H3,(H,18,21). The van der Waals surface area contributed by atoms with E-state index in [0.29, 0.717) is 16.6 Å². The minimum atomic E-state index is -0.469. The number of carbonyl (C=O) groups is 1. The summed E-state index contributed by atoms with van der Waals surface area (Å²) >= 11 is 7.49. The molecule has 0 atom stereocenters. The molecule has 1 amide bonds. The number of hydrogen-bond acceptors (Lipinski definition) is 5. The van der Waals surface area contributed by atoms with Crippen molar-refractivity contribution < 1.29 is 4.79 Å². The van der Waals surface area contributed by atoms with Gasteiger partial charge < -0.3 is 11.1 Å². The second kappa shape index (κ2) is 7.09. The predicted molar refractivity (Wildman–Crippen MR) is 88.2 cm³/mol. The van der Waals surface area contributed by atoms with E-state index in [9.17, 15) is 4.79 Å². The van der Waals surface area contributed by atoms with Gasteiger partial charge in [-0.15, -0.1) is 10.2 Å². The lowest BCUT2D eigenvalue weighted by atomic mass is 10.1. The Morgan fingerprint density at radius 3 is 2.59 bits per heavy atom. The molecule has 3 N–H and O–H groups in total. The van der Waals surface area contributed by atoms with Gasteiger partial charge in [-0.3, -0.25) is 4.79 Å². The summed E-state index contributed by atoms with van der Waals surface area (Å²) in [5.41, 5.74) is 5.61. The number of nitrogens with zero attached hydrogens (tertiary/aromatic N) is 2. The van der Waals surface area contributed by atoms with Gasteiger partial charge in [0.25, 0.3) is 5.91 Å². The number of rotatable bonds is 5. The van der Waals surface area contributed by atoms with Gasteiger partial charge in [0.1, 0.15) is 5.03 Å². The van der Waals surface area contributed by atoms with Gasteiger partial charge in [0.15, 0.2) is 5.69 Å². The van der Waals surface area contributed by atoms with Crippen LogP contribution in [0.25, 0.3) is 0 Å². The molecule has 0 spiro atoms. The molecular weight excluding hydrogens is 320 g/mol. The summed E-state index contributed by atoms with van der Waals surface area (Å²) in [6, 6.07) is 10.9. The van der Waals surface area contributed by atoms with Gasteiger partial charge in [-0.25, -0.2) is 0 Å². The van der Waals surface area contributed by atoms with Crippen molar-refractivity contribution in [3.63, 3.8) is 0 Å². The van der Waals surface area contributed by atoms with Crippen molar-refractivity contribution in [2.45, 2.75) is 29.3 Å². The third kappa shape index (κ3) is 4.98. The van der Waals surface area contributed by atoms with Crippen molar-refractivity contribution in [2.24, 2.45) is 5.73 Å². The zero-order valence-corrected chi connectivity index (χ0v) is 13.9. The topological polar surface area (TPSA) is 80.9 Å². The largest absolute Gasteiger partial charge is 0.349 e. The number of nitrogens with one attached hydrogen (secondary N) is 1. The van der Waals surface area contributed by atoms with E-state index in [-0.39, 0.29) is 11.6 Å². The number of nitrogens with two attached hydrogens (primary N) is 1. The summed E-state index contributed by atoms with van der Waals surface area (Å²) in [5, 5.41) is 12.0. The van der Waals surface area contributed by atoms with Gasteiger partial charge in [0, 0.05) is 17.0 Å². The quantitative estimate of drug-likeness (QED) is 0.877. The van der Waals surface area contributed by atoms with E-state index in [1.54, 1.807) is 12.1 Å². The van der Waals surface area contributed by atoms with Crippen LogP contribution in [-0.2, 0) is 0 Å². The van der Waals surface area contributed by atoms with E-state index in [4.69, 9.17) is 17.3 Å². The average Bonchev–Trinajstić information content (AvgIpc) is 2.47. The van der Waals surface area contributed by atoms with Gasteiger partial charge in [-0.05, 0) is 38.1 Å². The predicted octanol–water partition coefficient (Wildman–Crippen LogP) is 2.75. The Morgan fingerprint density at radius 1 is 1.27 bits per heavy atom. The Bertz CT molecular complexity index is 655. The summed E-state index contributed by atoms with van der Waals surface area (Å²) in [6.07, 6.45) is 0. The maximum absolute atomic E-state index is 11.9. The number of amides is 1. The molecule has 0 fully saturated rings. The minimum Gasteiger partial charge on any atom is -0.349 e. The monoisotopic (exact) mass is 336 g/mol. The molecule has 0 unspecified atom stereocenters. The van der Waals surface area contributed by atoms with E-state index >= 15 is 0 Å². The lowest BCUT2D eigenvalue weighted by Gasteiger charge is -2.18. The molecule has 0 radical (unpaired) electrons. The molecule has 7 heteroatoms. The lowest BCUT2D eigenvalue weighted by Crippen LogP contribution is -2.45. The Balaban J connectivity index is 2.01. The Kier molecular flexibility index (Phi) is 5.39. The first-order chi connectivity index (χ1) is 10.3. The minimum absolute atomic E-state index is 0.257. The van der Waals surface area contributed by atoms with E-state index in [1.807, 2.05) is 38.1 Å². The van der Waals surface area contributed by atoms with Crippen LogP contribution in [0.15, 0.2) is 46.3 Å². The number of halogens is 1. The normalized spacial score (nSPS) is 11.3. The lowest BCUT2D eigenvalue weighted by molar-refractivity contribution is 0.0939. The number of benzene rings is 1. The molecule has 2 rings (SSSR count). The molecule has 0 aliphatic rings. The van der Waals surface area contributed by atoms with Crippen molar-refractivity contribution in [2.75, 3.05) is 6.54 Å². The van der Waals surface area contributed by atoms with Crippen LogP contribution < -0.4 is 11.1 Å². The van der Waals surface area contributed by atoms with Gasteiger partial charge in [0.05, 0.1) is 5.02 Å². The Labute approximate surface area is 138 Å². The van der Waals surface area contributed by atoms with Crippen LogP contribution in [0.5, 0.6) is 0 Å². The van der Waals surface area contributed by atoms with Crippen LogP contribution in [0.3, 0.4) is 0 Å². The Morgan fingerprint density at radius 2 is 2.00 bits per heavy atom. The number of aromatic nitrogens is 2. The highest BCUT2D eigenvalue weighted by atomic mass is 35.5. The van der Waals surface area contributed by atoms with Crippen LogP contribution in [0.2, 0.25) is 5.02 Å². The zero-order valence-electron chi connectivity index (χ0n) is 12.3. The molecule has 0 aliphatic carbocycles. The maximum Gasteiger partial charge on any atom is 0.271 e. The molecule has 1 heterocycles. The van der Waals surface area contributed by atoms with Crippen molar-refractivity contribution in [1.82, 2.24) is 15.5 Å². The van der Waals surface area contributed by atoms with Crippen LogP contribution in [-0.4, -0.2) is 28.2 Å².